The van der Waals surface area contributed by atoms with Crippen molar-refractivity contribution in [3.8, 4) is 11.6 Å². The van der Waals surface area contributed by atoms with Gasteiger partial charge in [0.15, 0.2) is 0 Å². The number of para-hydroxylation sites is 1. The third kappa shape index (κ3) is 2.59. The second-order valence-corrected chi connectivity index (χ2v) is 5.19. The lowest BCUT2D eigenvalue weighted by Gasteiger charge is -2.08. The van der Waals surface area contributed by atoms with Crippen molar-refractivity contribution in [1.29, 1.82) is 0 Å². The van der Waals surface area contributed by atoms with E-state index in [1.165, 1.54) is 6.07 Å². The number of hydrogen-bond donors (Lipinski definition) is 0. The monoisotopic (exact) mass is 352 g/mol. The van der Waals surface area contributed by atoms with Gasteiger partial charge in [-0.1, -0.05) is 12.1 Å². The maximum atomic E-state index is 13.5. The zero-order valence-corrected chi connectivity index (χ0v) is 12.3. The van der Waals surface area contributed by atoms with E-state index in [1.54, 1.807) is 18.2 Å². The summed E-state index contributed by atoms with van der Waals surface area (Å²) in [7, 11) is 0. The Kier molecular flexibility index (Phi) is 3.54. The van der Waals surface area contributed by atoms with E-state index in [-0.39, 0.29) is 5.28 Å². The van der Waals surface area contributed by atoms with Gasteiger partial charge in [-0.05, 0) is 51.8 Å². The van der Waals surface area contributed by atoms with Crippen LogP contribution in [0.2, 0.25) is 5.28 Å². The Labute approximate surface area is 127 Å². The molecule has 3 aromatic rings. The highest BCUT2D eigenvalue weighted by molar-refractivity contribution is 9.10. The molecule has 0 saturated carbocycles. The molecule has 6 heteroatoms. The van der Waals surface area contributed by atoms with Crippen LogP contribution < -0.4 is 4.74 Å². The quantitative estimate of drug-likeness (QED) is 0.610. The van der Waals surface area contributed by atoms with E-state index in [9.17, 15) is 4.39 Å². The van der Waals surface area contributed by atoms with Crippen LogP contribution in [0, 0.1) is 5.82 Å². The Hall–Kier alpha value is -1.72. The van der Waals surface area contributed by atoms with E-state index in [0.29, 0.717) is 27.0 Å². The van der Waals surface area contributed by atoms with Crippen molar-refractivity contribution in [2.75, 3.05) is 0 Å². The second-order valence-electron chi connectivity index (χ2n) is 3.99. The summed E-state index contributed by atoms with van der Waals surface area (Å²) in [6.45, 7) is 0. The predicted octanol–water partition coefficient (Wildman–Crippen LogP) is 4.98. The number of fused-ring (bicyclic) bond motifs is 1. The number of halogens is 3. The topological polar surface area (TPSA) is 35.0 Å². The van der Waals surface area contributed by atoms with Crippen molar-refractivity contribution in [3.05, 3.63) is 58.0 Å². The molecule has 0 amide bonds. The summed E-state index contributed by atoms with van der Waals surface area (Å²) in [5, 5.41) is 0.788. The third-order valence-corrected chi connectivity index (χ3v) is 3.46. The number of ether oxygens (including phenoxy) is 1. The Morgan fingerprint density at radius 3 is 2.70 bits per heavy atom. The van der Waals surface area contributed by atoms with Crippen LogP contribution in [0.5, 0.6) is 11.6 Å². The first-order valence-electron chi connectivity index (χ1n) is 5.69. The van der Waals surface area contributed by atoms with Gasteiger partial charge in [-0.25, -0.2) is 9.37 Å². The van der Waals surface area contributed by atoms with Crippen molar-refractivity contribution >= 4 is 38.4 Å². The van der Waals surface area contributed by atoms with Gasteiger partial charge in [-0.2, -0.15) is 4.98 Å². The molecule has 0 bridgehead atoms. The zero-order valence-electron chi connectivity index (χ0n) is 9.98. The van der Waals surface area contributed by atoms with E-state index in [2.05, 4.69) is 25.9 Å². The maximum absolute atomic E-state index is 13.5. The minimum atomic E-state index is -0.410. The van der Waals surface area contributed by atoms with Gasteiger partial charge >= 0.3 is 0 Å². The largest absolute Gasteiger partial charge is 0.438 e. The van der Waals surface area contributed by atoms with Crippen molar-refractivity contribution in [3.63, 3.8) is 0 Å². The minimum absolute atomic E-state index is 0.0799. The molecular formula is C14H7BrClFN2O. The van der Waals surface area contributed by atoms with Crippen molar-refractivity contribution in [2.45, 2.75) is 0 Å². The van der Waals surface area contributed by atoms with Gasteiger partial charge in [-0.3, -0.25) is 0 Å². The van der Waals surface area contributed by atoms with Gasteiger partial charge in [-0.15, -0.1) is 0 Å². The lowest BCUT2D eigenvalue weighted by atomic mass is 10.2. The summed E-state index contributed by atoms with van der Waals surface area (Å²) in [6.07, 6.45) is 0. The van der Waals surface area contributed by atoms with Crippen LogP contribution in [0.1, 0.15) is 0 Å². The van der Waals surface area contributed by atoms with E-state index < -0.39 is 5.82 Å². The lowest BCUT2D eigenvalue weighted by molar-refractivity contribution is 0.463. The number of hydrogen-bond acceptors (Lipinski definition) is 3. The summed E-state index contributed by atoms with van der Waals surface area (Å²) in [5.41, 5.74) is 0.667. The first-order valence-corrected chi connectivity index (χ1v) is 6.86. The van der Waals surface area contributed by atoms with Crippen LogP contribution in [0.15, 0.2) is 46.9 Å². The van der Waals surface area contributed by atoms with Gasteiger partial charge in [0.2, 0.25) is 11.2 Å². The van der Waals surface area contributed by atoms with Crippen LogP contribution in [0.3, 0.4) is 0 Å². The van der Waals surface area contributed by atoms with Crippen molar-refractivity contribution in [1.82, 2.24) is 9.97 Å². The molecule has 1 aromatic heterocycles. The molecule has 3 nitrogen and oxygen atoms in total. The molecule has 0 aliphatic carbocycles. The fourth-order valence-corrected chi connectivity index (χ4v) is 2.16. The summed E-state index contributed by atoms with van der Waals surface area (Å²) in [4.78, 5) is 8.15. The Morgan fingerprint density at radius 2 is 1.90 bits per heavy atom. The molecule has 0 N–H and O–H groups in total. The molecule has 0 spiro atoms. The summed E-state index contributed by atoms with van der Waals surface area (Å²) in [5.74, 6) is 0.222. The molecular weight excluding hydrogens is 347 g/mol. The highest BCUT2D eigenvalue weighted by Gasteiger charge is 2.09. The van der Waals surface area contributed by atoms with E-state index >= 15 is 0 Å². The molecule has 0 aliphatic heterocycles. The fourth-order valence-electron chi connectivity index (χ4n) is 1.75. The normalized spacial score (nSPS) is 10.8. The van der Waals surface area contributed by atoms with Crippen LogP contribution in [0.25, 0.3) is 10.9 Å². The molecule has 1 heterocycles. The average molecular weight is 354 g/mol. The van der Waals surface area contributed by atoms with E-state index in [1.807, 2.05) is 18.2 Å². The number of aromatic nitrogens is 2. The molecule has 0 atom stereocenters. The smallest absolute Gasteiger partial charge is 0.231 e. The number of rotatable bonds is 2. The fraction of sp³-hybridized carbons (Fsp3) is 0. The molecule has 0 radical (unpaired) electrons. The summed E-state index contributed by atoms with van der Waals surface area (Å²) >= 11 is 8.95. The van der Waals surface area contributed by atoms with E-state index in [0.717, 1.165) is 0 Å². The minimum Gasteiger partial charge on any atom is -0.438 e. The van der Waals surface area contributed by atoms with Gasteiger partial charge in [0, 0.05) is 6.07 Å². The van der Waals surface area contributed by atoms with Crippen molar-refractivity contribution < 1.29 is 9.13 Å². The molecule has 0 aliphatic rings. The predicted molar refractivity (Wildman–Crippen MR) is 78.7 cm³/mol. The molecule has 20 heavy (non-hydrogen) atoms. The SMILES string of the molecule is Fc1cc(Oc2nc(Cl)nc3ccccc23)ccc1Br. The third-order valence-electron chi connectivity index (χ3n) is 2.65. The lowest BCUT2D eigenvalue weighted by Crippen LogP contribution is -1.93. The van der Waals surface area contributed by atoms with Crippen LogP contribution in [-0.4, -0.2) is 9.97 Å². The van der Waals surface area contributed by atoms with Gasteiger partial charge in [0.1, 0.15) is 11.6 Å². The van der Waals surface area contributed by atoms with Crippen LogP contribution >= 0.6 is 27.5 Å². The molecule has 0 unspecified atom stereocenters. The van der Waals surface area contributed by atoms with Gasteiger partial charge in [0.25, 0.3) is 0 Å². The molecule has 2 aromatic carbocycles. The average Bonchev–Trinajstić information content (AvgIpc) is 2.43. The second kappa shape index (κ2) is 5.34. The zero-order chi connectivity index (χ0) is 14.1. The Morgan fingerprint density at radius 1 is 1.10 bits per heavy atom. The number of nitrogens with zero attached hydrogens (tertiary/aromatic N) is 2. The molecule has 0 fully saturated rings. The number of benzene rings is 2. The molecule has 100 valence electrons. The van der Waals surface area contributed by atoms with Gasteiger partial charge < -0.3 is 4.74 Å². The summed E-state index contributed by atoms with van der Waals surface area (Å²) in [6, 6.07) is 11.8. The first-order chi connectivity index (χ1) is 9.63. The first kappa shape index (κ1) is 13.3. The Bertz CT molecular complexity index is 797. The molecule has 0 saturated heterocycles. The van der Waals surface area contributed by atoms with Crippen LogP contribution in [0.4, 0.5) is 4.39 Å². The van der Waals surface area contributed by atoms with Crippen molar-refractivity contribution in [2.24, 2.45) is 0 Å². The van der Waals surface area contributed by atoms with Crippen LogP contribution in [-0.2, 0) is 0 Å². The van der Waals surface area contributed by atoms with Gasteiger partial charge in [0.05, 0.1) is 15.4 Å². The van der Waals surface area contributed by atoms with E-state index in [4.69, 9.17) is 16.3 Å². The highest BCUT2D eigenvalue weighted by atomic mass is 79.9. The highest BCUT2D eigenvalue weighted by Crippen LogP contribution is 2.30. The molecule has 3 rings (SSSR count). The maximum Gasteiger partial charge on any atom is 0.231 e. The summed E-state index contributed by atoms with van der Waals surface area (Å²) < 4.78 is 19.5. The Balaban J connectivity index is 2.07. The standard InChI is InChI=1S/C14H7BrClFN2O/c15-10-6-5-8(7-11(10)17)20-13-9-3-1-2-4-12(9)18-14(16)19-13/h1-7H.